The summed E-state index contributed by atoms with van der Waals surface area (Å²) < 4.78 is 5.68. The summed E-state index contributed by atoms with van der Waals surface area (Å²) in [6, 6.07) is 14.2. The molecule has 122 valence electrons. The van der Waals surface area contributed by atoms with E-state index < -0.39 is 0 Å². The molecule has 0 unspecified atom stereocenters. The molecule has 0 heterocycles. The van der Waals surface area contributed by atoms with Crippen LogP contribution in [0, 0.1) is 6.92 Å². The number of anilines is 1. The van der Waals surface area contributed by atoms with Crippen LogP contribution in [0.3, 0.4) is 0 Å². The first-order valence-electron chi connectivity index (χ1n) is 7.57. The molecule has 0 spiro atoms. The summed E-state index contributed by atoms with van der Waals surface area (Å²) in [5.41, 5.74) is 1.82. The molecule has 2 aromatic rings. The van der Waals surface area contributed by atoms with Gasteiger partial charge in [-0.2, -0.15) is 0 Å². The van der Waals surface area contributed by atoms with Crippen LogP contribution in [0.4, 0.5) is 10.5 Å². The third-order valence-corrected chi connectivity index (χ3v) is 3.49. The standard InChI is InChI=1S/C18H22N2O3/c1-14-6-3-4-7-17(14)23-13-5-12-19-18(22)20(2)15-8-10-16(21)11-9-15/h3-4,6-11,21H,5,12-13H2,1-2H3,(H,19,22). The quantitative estimate of drug-likeness (QED) is 0.804. The number of urea groups is 1. The van der Waals surface area contributed by atoms with Crippen molar-refractivity contribution in [3.05, 3.63) is 54.1 Å². The smallest absolute Gasteiger partial charge is 0.321 e. The Morgan fingerprint density at radius 3 is 2.57 bits per heavy atom. The molecule has 0 radical (unpaired) electrons. The van der Waals surface area contributed by atoms with E-state index in [1.54, 1.807) is 31.3 Å². The first-order chi connectivity index (χ1) is 11.1. The summed E-state index contributed by atoms with van der Waals surface area (Å²) >= 11 is 0. The van der Waals surface area contributed by atoms with Gasteiger partial charge in [-0.1, -0.05) is 18.2 Å². The second kappa shape index (κ2) is 8.08. The van der Waals surface area contributed by atoms with Crippen LogP contribution in [0.25, 0.3) is 0 Å². The van der Waals surface area contributed by atoms with Crippen molar-refractivity contribution in [2.45, 2.75) is 13.3 Å². The van der Waals surface area contributed by atoms with Gasteiger partial charge in [0, 0.05) is 19.3 Å². The normalized spacial score (nSPS) is 10.2. The number of amides is 2. The molecule has 2 N–H and O–H groups in total. The van der Waals surface area contributed by atoms with E-state index in [1.807, 2.05) is 31.2 Å². The van der Waals surface area contributed by atoms with Crippen molar-refractivity contribution >= 4 is 11.7 Å². The van der Waals surface area contributed by atoms with E-state index in [0.717, 1.165) is 23.4 Å². The van der Waals surface area contributed by atoms with Crippen molar-refractivity contribution in [1.29, 1.82) is 0 Å². The fourth-order valence-electron chi connectivity index (χ4n) is 2.08. The van der Waals surface area contributed by atoms with Gasteiger partial charge in [0.15, 0.2) is 0 Å². The van der Waals surface area contributed by atoms with Crippen LogP contribution in [-0.2, 0) is 0 Å². The maximum atomic E-state index is 12.0. The van der Waals surface area contributed by atoms with E-state index in [-0.39, 0.29) is 11.8 Å². The average Bonchev–Trinajstić information content (AvgIpc) is 2.56. The van der Waals surface area contributed by atoms with Crippen molar-refractivity contribution in [3.63, 3.8) is 0 Å². The predicted octanol–water partition coefficient (Wildman–Crippen LogP) is 3.32. The number of phenols is 1. The van der Waals surface area contributed by atoms with Crippen LogP contribution in [-0.4, -0.2) is 31.3 Å². The van der Waals surface area contributed by atoms with Gasteiger partial charge in [0.05, 0.1) is 6.61 Å². The summed E-state index contributed by atoms with van der Waals surface area (Å²) in [7, 11) is 1.69. The Morgan fingerprint density at radius 1 is 1.17 bits per heavy atom. The molecule has 0 bridgehead atoms. The Balaban J connectivity index is 1.70. The lowest BCUT2D eigenvalue weighted by Gasteiger charge is -2.18. The molecule has 5 heteroatoms. The highest BCUT2D eigenvalue weighted by atomic mass is 16.5. The predicted molar refractivity (Wildman–Crippen MR) is 91.2 cm³/mol. The third-order valence-electron chi connectivity index (χ3n) is 3.49. The summed E-state index contributed by atoms with van der Waals surface area (Å²) in [5.74, 6) is 1.05. The second-order valence-electron chi connectivity index (χ2n) is 5.27. The molecule has 0 aliphatic carbocycles. The zero-order valence-electron chi connectivity index (χ0n) is 13.5. The lowest BCUT2D eigenvalue weighted by molar-refractivity contribution is 0.245. The number of aryl methyl sites for hydroxylation is 1. The number of benzene rings is 2. The molecule has 0 aromatic heterocycles. The van der Waals surface area contributed by atoms with Crippen LogP contribution in [0.2, 0.25) is 0 Å². The highest BCUT2D eigenvalue weighted by molar-refractivity contribution is 5.91. The highest BCUT2D eigenvalue weighted by Gasteiger charge is 2.09. The molecule has 0 saturated carbocycles. The zero-order valence-corrected chi connectivity index (χ0v) is 13.5. The first-order valence-corrected chi connectivity index (χ1v) is 7.57. The van der Waals surface area contributed by atoms with Crippen molar-refractivity contribution < 1.29 is 14.6 Å². The lowest BCUT2D eigenvalue weighted by Crippen LogP contribution is -2.38. The number of hydrogen-bond donors (Lipinski definition) is 2. The van der Waals surface area contributed by atoms with Crippen molar-refractivity contribution in [2.24, 2.45) is 0 Å². The van der Waals surface area contributed by atoms with Gasteiger partial charge in [-0.25, -0.2) is 4.79 Å². The van der Waals surface area contributed by atoms with E-state index in [0.29, 0.717) is 13.2 Å². The molecule has 0 aliphatic heterocycles. The van der Waals surface area contributed by atoms with Gasteiger partial charge in [0.2, 0.25) is 0 Å². The van der Waals surface area contributed by atoms with Gasteiger partial charge in [-0.15, -0.1) is 0 Å². The molecule has 0 saturated heterocycles. The lowest BCUT2D eigenvalue weighted by atomic mass is 10.2. The number of rotatable bonds is 6. The number of ether oxygens (including phenoxy) is 1. The SMILES string of the molecule is Cc1ccccc1OCCCNC(=O)N(C)c1ccc(O)cc1. The van der Waals surface area contributed by atoms with Crippen molar-refractivity contribution in [1.82, 2.24) is 5.32 Å². The van der Waals surface area contributed by atoms with Gasteiger partial charge in [-0.05, 0) is 49.2 Å². The number of para-hydroxylation sites is 1. The van der Waals surface area contributed by atoms with E-state index >= 15 is 0 Å². The largest absolute Gasteiger partial charge is 0.508 e. The Labute approximate surface area is 136 Å². The van der Waals surface area contributed by atoms with E-state index in [1.165, 1.54) is 4.90 Å². The molecule has 0 atom stereocenters. The van der Waals surface area contributed by atoms with Gasteiger partial charge >= 0.3 is 6.03 Å². The zero-order chi connectivity index (χ0) is 16.7. The van der Waals surface area contributed by atoms with Crippen LogP contribution in [0.15, 0.2) is 48.5 Å². The third kappa shape index (κ3) is 4.92. The summed E-state index contributed by atoms with van der Waals surface area (Å²) in [6.07, 6.45) is 0.726. The molecular formula is C18H22N2O3. The number of carbonyl (C=O) groups excluding carboxylic acids is 1. The fourth-order valence-corrected chi connectivity index (χ4v) is 2.08. The molecule has 23 heavy (non-hydrogen) atoms. The molecule has 2 rings (SSSR count). The maximum absolute atomic E-state index is 12.0. The Kier molecular flexibility index (Phi) is 5.86. The fraction of sp³-hybridized carbons (Fsp3) is 0.278. The number of hydrogen-bond acceptors (Lipinski definition) is 3. The summed E-state index contributed by atoms with van der Waals surface area (Å²) in [6.45, 7) is 3.09. The first kappa shape index (κ1) is 16.7. The number of phenolic OH excluding ortho intramolecular Hbond substituents is 1. The Morgan fingerprint density at radius 2 is 1.87 bits per heavy atom. The number of nitrogens with zero attached hydrogens (tertiary/aromatic N) is 1. The molecule has 0 aliphatic rings. The van der Waals surface area contributed by atoms with Crippen molar-refractivity contribution in [3.8, 4) is 11.5 Å². The Hall–Kier alpha value is -2.69. The molecule has 5 nitrogen and oxygen atoms in total. The van der Waals surface area contributed by atoms with Crippen LogP contribution < -0.4 is 15.0 Å². The van der Waals surface area contributed by atoms with Crippen LogP contribution >= 0.6 is 0 Å². The van der Waals surface area contributed by atoms with E-state index in [9.17, 15) is 9.90 Å². The number of nitrogens with one attached hydrogen (secondary N) is 1. The van der Waals surface area contributed by atoms with Crippen LogP contribution in [0.1, 0.15) is 12.0 Å². The van der Waals surface area contributed by atoms with Gasteiger partial charge < -0.3 is 15.2 Å². The highest BCUT2D eigenvalue weighted by Crippen LogP contribution is 2.17. The van der Waals surface area contributed by atoms with E-state index in [2.05, 4.69) is 5.32 Å². The number of aromatic hydroxyl groups is 1. The molecule has 0 fully saturated rings. The summed E-state index contributed by atoms with van der Waals surface area (Å²) in [4.78, 5) is 13.5. The Bertz CT molecular complexity index is 641. The minimum Gasteiger partial charge on any atom is -0.508 e. The van der Waals surface area contributed by atoms with E-state index in [4.69, 9.17) is 4.74 Å². The minimum atomic E-state index is -0.188. The van der Waals surface area contributed by atoms with Gasteiger partial charge in [0.1, 0.15) is 11.5 Å². The second-order valence-corrected chi connectivity index (χ2v) is 5.27. The maximum Gasteiger partial charge on any atom is 0.321 e. The van der Waals surface area contributed by atoms with Crippen molar-refractivity contribution in [2.75, 3.05) is 25.1 Å². The molecule has 2 aromatic carbocycles. The monoisotopic (exact) mass is 314 g/mol. The topological polar surface area (TPSA) is 61.8 Å². The van der Waals surface area contributed by atoms with Gasteiger partial charge in [-0.3, -0.25) is 4.90 Å². The van der Waals surface area contributed by atoms with Gasteiger partial charge in [0.25, 0.3) is 0 Å². The van der Waals surface area contributed by atoms with Crippen LogP contribution in [0.5, 0.6) is 11.5 Å². The summed E-state index contributed by atoms with van der Waals surface area (Å²) in [5, 5.41) is 12.1. The molecule has 2 amide bonds. The average molecular weight is 314 g/mol. The minimum absolute atomic E-state index is 0.177. The number of carbonyl (C=O) groups is 1. The molecular weight excluding hydrogens is 292 g/mol.